The molecular weight excluding hydrogens is 1000 g/mol. The number of pyridine rings is 1. The van der Waals surface area contributed by atoms with Gasteiger partial charge in [0.15, 0.2) is 0 Å². The number of ether oxygens (including phenoxy) is 1. The first-order valence-electron chi connectivity index (χ1n) is 28.7. The Balaban J connectivity index is 0.896. The summed E-state index contributed by atoms with van der Waals surface area (Å²) in [6.07, 6.45) is 1.93. The number of hydrogen-bond acceptors (Lipinski definition) is 10. The third-order valence-corrected chi connectivity index (χ3v) is 15.4. The van der Waals surface area contributed by atoms with Crippen LogP contribution < -0.4 is 20.7 Å². The molecule has 0 aliphatic carbocycles. The van der Waals surface area contributed by atoms with E-state index in [1.165, 1.54) is 27.5 Å². The Morgan fingerprint density at radius 3 is 1.54 bits per heavy atom. The summed E-state index contributed by atoms with van der Waals surface area (Å²) in [5.41, 5.74) is 13.8. The van der Waals surface area contributed by atoms with Gasteiger partial charge in [-0.25, -0.2) is 4.98 Å². The average Bonchev–Trinajstić information content (AvgIpc) is 3.36. The zero-order valence-electron chi connectivity index (χ0n) is 50.2. The van der Waals surface area contributed by atoms with Gasteiger partial charge in [0.25, 0.3) is 0 Å². The smallest absolute Gasteiger partial charge is 0.452 e. The molecule has 3 aliphatic heterocycles. The molecule has 412 valence electrons. The molecule has 81 heavy (non-hydrogen) atoms. The van der Waals surface area contributed by atoms with Crippen LogP contribution in [0.15, 0.2) is 152 Å². The van der Waals surface area contributed by atoms with Crippen molar-refractivity contribution in [3.63, 3.8) is 0 Å². The average molecular weight is 1080 g/mol. The normalized spacial score (nSPS) is 15.9. The molecule has 5 heterocycles. The van der Waals surface area contributed by atoms with E-state index in [1.54, 1.807) is 0 Å². The maximum Gasteiger partial charge on any atom is 0.466 e. The predicted molar refractivity (Wildman–Crippen MR) is 339 cm³/mol. The van der Waals surface area contributed by atoms with E-state index in [4.69, 9.17) is 37.2 Å². The van der Waals surface area contributed by atoms with Gasteiger partial charge in [-0.1, -0.05) is 183 Å². The second-order valence-corrected chi connectivity index (χ2v) is 27.7. The number of nitrogens with zero attached hydrogens (tertiary/aromatic N) is 4. The van der Waals surface area contributed by atoms with Crippen LogP contribution in [0, 0.1) is 0 Å². The lowest BCUT2D eigenvalue weighted by Crippen LogP contribution is -2.61. The summed E-state index contributed by atoms with van der Waals surface area (Å²) in [6.45, 7) is 33.8. The predicted octanol–water partition coefficient (Wildman–Crippen LogP) is 14.8. The minimum Gasteiger partial charge on any atom is -0.452 e. The van der Waals surface area contributed by atoms with Crippen molar-refractivity contribution in [1.82, 2.24) is 9.55 Å². The van der Waals surface area contributed by atoms with Crippen molar-refractivity contribution in [3.05, 3.63) is 168 Å². The summed E-state index contributed by atoms with van der Waals surface area (Å²) in [5.74, 6) is 0.900. The second-order valence-electron chi connectivity index (χ2n) is 27.7. The van der Waals surface area contributed by atoms with Gasteiger partial charge in [-0.15, -0.1) is 0 Å². The van der Waals surface area contributed by atoms with Crippen molar-refractivity contribution in [2.24, 2.45) is 0 Å². The van der Waals surface area contributed by atoms with Gasteiger partial charge < -0.3 is 42.0 Å². The lowest BCUT2D eigenvalue weighted by atomic mass is 9.49. The second kappa shape index (κ2) is 21.6. The highest BCUT2D eigenvalue weighted by molar-refractivity contribution is 6.83. The third kappa shape index (κ3) is 12.0. The Labute approximate surface area is 483 Å². The first-order valence-corrected chi connectivity index (χ1v) is 28.7. The topological polar surface area (TPSA) is 88.9 Å². The van der Waals surface area contributed by atoms with E-state index in [1.807, 2.05) is 6.20 Å². The molecule has 0 spiro atoms. The zero-order valence-corrected chi connectivity index (χ0v) is 50.2. The van der Waals surface area contributed by atoms with Crippen LogP contribution in [0.1, 0.15) is 121 Å². The van der Waals surface area contributed by atoms with E-state index in [0.717, 1.165) is 61.7 Å². The van der Waals surface area contributed by atoms with E-state index in [-0.39, 0.29) is 26.7 Å². The highest BCUT2D eigenvalue weighted by atomic mass is 16.7. The summed E-state index contributed by atoms with van der Waals surface area (Å²) in [6, 6.07) is 52.2. The fourth-order valence-electron chi connectivity index (χ4n) is 10.9. The van der Waals surface area contributed by atoms with Crippen molar-refractivity contribution in [2.45, 2.75) is 144 Å². The summed E-state index contributed by atoms with van der Waals surface area (Å²) < 4.78 is 49.2. The fraction of sp³-hybridized carbons (Fsp3) is 0.359. The number of anilines is 4. The Morgan fingerprint density at radius 2 is 0.988 bits per heavy atom. The highest BCUT2D eigenvalue weighted by Gasteiger charge is 2.53. The molecule has 6 aromatic carbocycles. The van der Waals surface area contributed by atoms with Gasteiger partial charge in [0.1, 0.15) is 12.5 Å². The minimum absolute atomic E-state index is 0.0335. The molecule has 8 aromatic rings. The van der Waals surface area contributed by atoms with Crippen LogP contribution >= 0.6 is 0 Å². The lowest BCUT2D eigenvalue weighted by Gasteiger charge is -2.42. The van der Waals surface area contributed by atoms with Crippen LogP contribution in [0.4, 0.5) is 22.7 Å². The van der Waals surface area contributed by atoms with E-state index in [9.17, 15) is 0 Å². The SMILES string of the molecule is CC(C)(C)B1OB(c2cc(B3OB(C(C)(C)C)OB(C(C)(C)C)O3)cc(N3CN(c4cccc(COCc5ccc6c7cc(-c8ccccc8)ccc7n(-c7cc(C(C)(C)C)ccn7)c6c5)c4)c4ccccc43)c2)OB(C(C)(C)C)O1. The first-order chi connectivity index (χ1) is 38.3. The van der Waals surface area contributed by atoms with Crippen molar-refractivity contribution >= 4 is 98.2 Å². The number of fused-ring (bicyclic) bond motifs is 4. The number of rotatable bonds is 10. The highest BCUT2D eigenvalue weighted by Crippen LogP contribution is 2.46. The largest absolute Gasteiger partial charge is 0.466 e. The molecule has 11 nitrogen and oxygen atoms in total. The Bertz CT molecular complexity index is 3470. The Hall–Kier alpha value is -6.02. The molecule has 0 atom stereocenters. The Kier molecular flexibility index (Phi) is 15.2. The summed E-state index contributed by atoms with van der Waals surface area (Å²) in [4.78, 5) is 9.68. The van der Waals surface area contributed by atoms with Crippen molar-refractivity contribution in [2.75, 3.05) is 16.5 Å². The van der Waals surface area contributed by atoms with Gasteiger partial charge in [0, 0.05) is 28.3 Å². The molecule has 2 saturated heterocycles. The van der Waals surface area contributed by atoms with Crippen LogP contribution in [-0.4, -0.2) is 58.9 Å². The van der Waals surface area contributed by atoms with Gasteiger partial charge in [0.05, 0.1) is 35.6 Å². The summed E-state index contributed by atoms with van der Waals surface area (Å²) >= 11 is 0. The van der Waals surface area contributed by atoms with Gasteiger partial charge >= 0.3 is 42.7 Å². The van der Waals surface area contributed by atoms with E-state index < -0.39 is 42.7 Å². The standard InChI is InChI=1S/C64H76B6N4O7/c1-60(2,3)48-32-33-71-59(37-48)74-55-31-29-47(46-23-17-16-18-24-46)36-54(55)53-30-28-45(35-58(53)74)42-75-41-44-22-21-25-51(34-44)72-43-73(57-27-20-19-26-56(57)72)52-39-49(65-76-67(61(4,5)6)80-68(77-65)62(7,8)9)38-50(40-52)66-78-69(63(10,11)12)81-70(79-66)64(13,14)15/h16-40H,41-43H2,1-15H3. The van der Waals surface area contributed by atoms with Gasteiger partial charge in [-0.3, -0.25) is 4.57 Å². The summed E-state index contributed by atoms with van der Waals surface area (Å²) in [7, 11) is -3.58. The van der Waals surface area contributed by atoms with Gasteiger partial charge in [-0.05, 0) is 132 Å². The fourth-order valence-corrected chi connectivity index (χ4v) is 10.9. The molecule has 3 aliphatic rings. The molecular formula is C64H76B6N4O7. The van der Waals surface area contributed by atoms with Crippen LogP contribution in [0.3, 0.4) is 0 Å². The number of para-hydroxylation sites is 2. The van der Waals surface area contributed by atoms with Crippen LogP contribution in [0.2, 0.25) is 21.3 Å². The molecule has 0 amide bonds. The van der Waals surface area contributed by atoms with E-state index in [2.05, 4.69) is 264 Å². The molecule has 0 N–H and O–H groups in total. The maximum atomic E-state index is 6.80. The molecule has 0 bridgehead atoms. The third-order valence-electron chi connectivity index (χ3n) is 15.4. The number of benzene rings is 6. The molecule has 17 heteroatoms. The first kappa shape index (κ1) is 56.8. The zero-order chi connectivity index (χ0) is 57.4. The molecule has 0 saturated carbocycles. The molecule has 2 aromatic heterocycles. The van der Waals surface area contributed by atoms with Gasteiger partial charge in [-0.2, -0.15) is 0 Å². The van der Waals surface area contributed by atoms with Crippen molar-refractivity contribution in [3.8, 4) is 16.9 Å². The van der Waals surface area contributed by atoms with Crippen LogP contribution in [0.5, 0.6) is 0 Å². The van der Waals surface area contributed by atoms with Crippen molar-refractivity contribution < 1.29 is 32.2 Å². The van der Waals surface area contributed by atoms with E-state index in [0.29, 0.717) is 19.9 Å². The minimum atomic E-state index is -0.740. The van der Waals surface area contributed by atoms with Crippen LogP contribution in [-0.2, 0) is 50.8 Å². The lowest BCUT2D eigenvalue weighted by molar-refractivity contribution is 0.107. The van der Waals surface area contributed by atoms with Crippen molar-refractivity contribution in [1.29, 1.82) is 0 Å². The number of aromatic nitrogens is 2. The van der Waals surface area contributed by atoms with E-state index >= 15 is 0 Å². The molecule has 2 fully saturated rings. The Morgan fingerprint density at radius 1 is 0.444 bits per heavy atom. The van der Waals surface area contributed by atoms with Crippen LogP contribution in [0.25, 0.3) is 38.8 Å². The number of hydrogen-bond donors (Lipinski definition) is 0. The quantitative estimate of drug-likeness (QED) is 0.123. The monoisotopic (exact) mass is 1080 g/mol. The van der Waals surface area contributed by atoms with Gasteiger partial charge in [0.2, 0.25) is 0 Å². The summed E-state index contributed by atoms with van der Waals surface area (Å²) in [5, 5.41) is 1.06. The molecule has 0 unspecified atom stereocenters. The maximum absolute atomic E-state index is 6.80. The molecule has 11 rings (SSSR count). The molecule has 0 radical (unpaired) electrons.